The topological polar surface area (TPSA) is 125 Å². The summed E-state index contributed by atoms with van der Waals surface area (Å²) < 4.78 is 31.4. The maximum absolute atomic E-state index is 14.8. The van der Waals surface area contributed by atoms with Gasteiger partial charge in [-0.25, -0.2) is 18.5 Å². The number of carbonyl (C=O) groups excluding carboxylic acids is 1. The van der Waals surface area contributed by atoms with Crippen molar-refractivity contribution in [2.75, 3.05) is 5.32 Å². The first-order valence-corrected chi connectivity index (χ1v) is 11.9. The minimum absolute atomic E-state index is 0.0679. The minimum Gasteiger partial charge on any atom is -0.362 e. The Morgan fingerprint density at radius 3 is 2.23 bits per heavy atom. The number of nitrogens with one attached hydrogen (secondary N) is 1. The molecule has 0 radical (unpaired) electrons. The number of nitrogens with two attached hydrogens (primary N) is 1. The quantitative estimate of drug-likeness (QED) is 0.515. The molecule has 0 saturated carbocycles. The average molecular weight is 468 g/mol. The van der Waals surface area contributed by atoms with E-state index >= 15 is 0 Å². The summed E-state index contributed by atoms with van der Waals surface area (Å²) in [5.41, 5.74) is 3.45. The highest BCUT2D eigenvalue weighted by Gasteiger charge is 2.30. The molecule has 2 aliphatic carbocycles. The van der Waals surface area contributed by atoms with Gasteiger partial charge in [-0.05, 0) is 79.8 Å². The van der Waals surface area contributed by atoms with Crippen molar-refractivity contribution in [1.29, 1.82) is 0 Å². The van der Waals surface area contributed by atoms with Gasteiger partial charge in [0.05, 0.1) is 9.92 Å². The molecule has 5 N–H and O–H groups in total. The zero-order valence-electron chi connectivity index (χ0n) is 16.9. The number of nitrogens with zero attached hydrogens (tertiary/aromatic N) is 1. The van der Waals surface area contributed by atoms with Crippen molar-refractivity contribution in [2.24, 2.45) is 9.50 Å². The standard InChI is InChI=1S/C21H23ClFN3O4S/c1-21(28,29)11-8-9-17(16(22)10-11)31(24,30)26-20(27)25-19-14-6-2-4-12(14)18(23)13-5-3-7-15(13)19/h8-10,28-29H,2-7H2,1H3,(H3,24,25,26,27,30)/t31-/m1/s1. The maximum atomic E-state index is 14.8. The fraction of sp³-hybridized carbons (Fsp3) is 0.381. The summed E-state index contributed by atoms with van der Waals surface area (Å²) >= 11 is 6.12. The van der Waals surface area contributed by atoms with Crippen molar-refractivity contribution < 1.29 is 23.6 Å². The first-order valence-electron chi connectivity index (χ1n) is 9.94. The van der Waals surface area contributed by atoms with Crippen molar-refractivity contribution in [1.82, 2.24) is 0 Å². The van der Waals surface area contributed by atoms with Crippen molar-refractivity contribution in [3.8, 4) is 0 Å². The molecule has 31 heavy (non-hydrogen) atoms. The largest absolute Gasteiger partial charge is 0.362 e. The van der Waals surface area contributed by atoms with Crippen LogP contribution in [0.1, 0.15) is 47.6 Å². The third-order valence-corrected chi connectivity index (χ3v) is 7.66. The van der Waals surface area contributed by atoms with Gasteiger partial charge in [0.2, 0.25) is 0 Å². The number of carbonyl (C=O) groups is 1. The summed E-state index contributed by atoms with van der Waals surface area (Å²) in [6.07, 6.45) is 4.17. The van der Waals surface area contributed by atoms with Gasteiger partial charge >= 0.3 is 6.03 Å². The molecular weight excluding hydrogens is 445 g/mol. The second kappa shape index (κ2) is 7.83. The van der Waals surface area contributed by atoms with Gasteiger partial charge in [0.25, 0.3) is 0 Å². The number of amides is 2. The molecule has 0 bridgehead atoms. The first-order chi connectivity index (χ1) is 14.5. The fourth-order valence-electron chi connectivity index (χ4n) is 4.37. The molecule has 4 rings (SSSR count). The van der Waals surface area contributed by atoms with E-state index in [1.807, 2.05) is 0 Å². The molecule has 2 aromatic rings. The van der Waals surface area contributed by atoms with E-state index in [2.05, 4.69) is 9.68 Å². The van der Waals surface area contributed by atoms with Crippen molar-refractivity contribution >= 4 is 33.2 Å². The number of benzene rings is 2. The molecule has 1 atom stereocenters. The minimum atomic E-state index is -3.72. The van der Waals surface area contributed by atoms with E-state index < -0.39 is 21.7 Å². The number of hydrogen-bond donors (Lipinski definition) is 4. The van der Waals surface area contributed by atoms with Crippen LogP contribution in [0, 0.1) is 5.82 Å². The lowest BCUT2D eigenvalue weighted by molar-refractivity contribution is -0.152. The summed E-state index contributed by atoms with van der Waals surface area (Å²) in [5, 5.41) is 27.8. The number of fused-ring (bicyclic) bond motifs is 2. The highest BCUT2D eigenvalue weighted by Crippen LogP contribution is 2.41. The van der Waals surface area contributed by atoms with Crippen LogP contribution in [0.15, 0.2) is 27.5 Å². The molecule has 0 fully saturated rings. The molecule has 2 amide bonds. The molecule has 2 aliphatic rings. The Kier molecular flexibility index (Phi) is 5.60. The van der Waals surface area contributed by atoms with Gasteiger partial charge < -0.3 is 15.5 Å². The van der Waals surface area contributed by atoms with Gasteiger partial charge in [0.1, 0.15) is 15.7 Å². The van der Waals surface area contributed by atoms with E-state index in [-0.39, 0.29) is 21.3 Å². The second-order valence-corrected chi connectivity index (χ2v) is 10.2. The first kappa shape index (κ1) is 22.2. The molecule has 0 aliphatic heterocycles. The van der Waals surface area contributed by atoms with Crippen LogP contribution in [0.5, 0.6) is 0 Å². The predicted octanol–water partition coefficient (Wildman–Crippen LogP) is 3.55. The number of urea groups is 1. The van der Waals surface area contributed by atoms with E-state index in [4.69, 9.17) is 16.7 Å². The Morgan fingerprint density at radius 1 is 1.16 bits per heavy atom. The lowest BCUT2D eigenvalue weighted by atomic mass is 9.98. The predicted molar refractivity (Wildman–Crippen MR) is 116 cm³/mol. The molecule has 0 aromatic heterocycles. The number of anilines is 1. The van der Waals surface area contributed by atoms with Gasteiger partial charge in [-0.1, -0.05) is 17.7 Å². The third-order valence-electron chi connectivity index (χ3n) is 5.81. The molecule has 10 heteroatoms. The SMILES string of the molecule is CC(O)(O)c1ccc([S@](N)(=O)=NC(=O)Nc2c3c(c(F)c4c2CCC4)CCC3)c(Cl)c1. The van der Waals surface area contributed by atoms with Gasteiger partial charge in [-0.2, -0.15) is 0 Å². The lowest BCUT2D eigenvalue weighted by Gasteiger charge is -2.18. The molecule has 0 spiro atoms. The van der Waals surface area contributed by atoms with Crippen LogP contribution in [0.2, 0.25) is 5.02 Å². The van der Waals surface area contributed by atoms with Gasteiger partial charge in [-0.15, -0.1) is 4.36 Å². The van der Waals surface area contributed by atoms with Crippen LogP contribution in [-0.4, -0.2) is 20.5 Å². The van der Waals surface area contributed by atoms with Crippen LogP contribution in [0.25, 0.3) is 0 Å². The van der Waals surface area contributed by atoms with Crippen LogP contribution >= 0.6 is 11.6 Å². The average Bonchev–Trinajstić information content (AvgIpc) is 3.33. The van der Waals surface area contributed by atoms with Crippen LogP contribution in [0.3, 0.4) is 0 Å². The Bertz CT molecular complexity index is 1180. The molecule has 2 aromatic carbocycles. The highest BCUT2D eigenvalue weighted by atomic mass is 35.5. The van der Waals surface area contributed by atoms with E-state index in [1.54, 1.807) is 0 Å². The Morgan fingerprint density at radius 2 is 1.71 bits per heavy atom. The summed E-state index contributed by atoms with van der Waals surface area (Å²) in [4.78, 5) is 12.6. The van der Waals surface area contributed by atoms with Crippen LogP contribution in [0.4, 0.5) is 14.9 Å². The van der Waals surface area contributed by atoms with E-state index in [9.17, 15) is 23.6 Å². The second-order valence-electron chi connectivity index (χ2n) is 8.07. The van der Waals surface area contributed by atoms with Crippen molar-refractivity contribution in [2.45, 2.75) is 56.1 Å². The zero-order chi connectivity index (χ0) is 22.6. The summed E-state index contributed by atoms with van der Waals surface area (Å²) in [7, 11) is -3.72. The Labute approximate surface area is 184 Å². The summed E-state index contributed by atoms with van der Waals surface area (Å²) in [5.74, 6) is -2.31. The number of halogens is 2. The molecule has 0 saturated heterocycles. The molecule has 0 unspecified atom stereocenters. The van der Waals surface area contributed by atoms with Gasteiger partial charge in [0.15, 0.2) is 5.79 Å². The van der Waals surface area contributed by atoms with Crippen LogP contribution < -0.4 is 10.5 Å². The molecule has 166 valence electrons. The monoisotopic (exact) mass is 467 g/mol. The van der Waals surface area contributed by atoms with E-state index in [0.29, 0.717) is 42.5 Å². The van der Waals surface area contributed by atoms with Crippen LogP contribution in [-0.2, 0) is 41.4 Å². The molecule has 0 heterocycles. The lowest BCUT2D eigenvalue weighted by Crippen LogP contribution is -2.21. The Balaban J connectivity index is 1.69. The highest BCUT2D eigenvalue weighted by molar-refractivity contribution is 7.91. The third kappa shape index (κ3) is 4.08. The van der Waals surface area contributed by atoms with E-state index in [0.717, 1.165) is 30.9 Å². The summed E-state index contributed by atoms with van der Waals surface area (Å²) in [6.45, 7) is 1.15. The maximum Gasteiger partial charge on any atom is 0.354 e. The summed E-state index contributed by atoms with van der Waals surface area (Å²) in [6, 6.07) is 2.84. The van der Waals surface area contributed by atoms with Crippen molar-refractivity contribution in [3.63, 3.8) is 0 Å². The number of aliphatic hydroxyl groups is 2. The zero-order valence-corrected chi connectivity index (χ0v) is 18.4. The Hall–Kier alpha value is -2.04. The smallest absolute Gasteiger partial charge is 0.354 e. The van der Waals surface area contributed by atoms with E-state index in [1.165, 1.54) is 18.2 Å². The molecular formula is C21H23ClFN3O4S. The number of rotatable bonds is 3. The molecule has 7 nitrogen and oxygen atoms in total. The van der Waals surface area contributed by atoms with Gasteiger partial charge in [0, 0.05) is 11.3 Å². The van der Waals surface area contributed by atoms with Crippen molar-refractivity contribution in [3.05, 3.63) is 56.9 Å². The normalized spacial score (nSPS) is 17.1. The fourth-order valence-corrected chi connectivity index (χ4v) is 5.88. The van der Waals surface area contributed by atoms with Gasteiger partial charge in [-0.3, -0.25) is 0 Å². The number of hydrogen-bond acceptors (Lipinski definition) is 4.